The molecule has 1 aromatic heterocycles. The second-order valence-corrected chi connectivity index (χ2v) is 8.29. The third kappa shape index (κ3) is 3.91. The van der Waals surface area contributed by atoms with Crippen LogP contribution in [0.5, 0.6) is 0 Å². The number of hydrogen-bond acceptors (Lipinski definition) is 2. The van der Waals surface area contributed by atoms with Crippen LogP contribution >= 0.6 is 11.6 Å². The highest BCUT2D eigenvalue weighted by Gasteiger charge is 2.26. The molecule has 1 fully saturated rings. The first-order chi connectivity index (χ1) is 12.7. The normalized spacial score (nSPS) is 22.7. The molecule has 1 aliphatic heterocycles. The van der Waals surface area contributed by atoms with Gasteiger partial charge in [0.2, 0.25) is 0 Å². The van der Waals surface area contributed by atoms with Crippen molar-refractivity contribution in [2.45, 2.75) is 45.1 Å². The van der Waals surface area contributed by atoms with Crippen LogP contribution in [0, 0.1) is 11.8 Å². The number of H-pyrrole nitrogens is 1. The quantitative estimate of drug-likeness (QED) is 0.846. The number of halogens is 1. The van der Waals surface area contributed by atoms with Gasteiger partial charge in [-0.05, 0) is 82.1 Å². The summed E-state index contributed by atoms with van der Waals surface area (Å²) < 4.78 is 1.87. The van der Waals surface area contributed by atoms with Gasteiger partial charge >= 0.3 is 5.69 Å². The van der Waals surface area contributed by atoms with E-state index in [1.807, 2.05) is 28.8 Å². The molecule has 0 amide bonds. The minimum absolute atomic E-state index is 0.00544. The smallest absolute Gasteiger partial charge is 0.306 e. The van der Waals surface area contributed by atoms with E-state index in [0.29, 0.717) is 5.92 Å². The first kappa shape index (κ1) is 17.9. The number of aromatic nitrogens is 2. The van der Waals surface area contributed by atoms with Crippen molar-refractivity contribution in [1.29, 1.82) is 0 Å². The van der Waals surface area contributed by atoms with E-state index in [1.54, 1.807) is 0 Å². The van der Waals surface area contributed by atoms with Crippen molar-refractivity contribution in [1.82, 2.24) is 14.5 Å². The van der Waals surface area contributed by atoms with Crippen LogP contribution in [0.2, 0.25) is 0 Å². The fourth-order valence-electron chi connectivity index (χ4n) is 4.66. The molecule has 0 saturated carbocycles. The average molecular weight is 374 g/mol. The Kier molecular flexibility index (Phi) is 5.51. The number of aryl methyl sites for hydroxylation is 1. The molecule has 0 spiro atoms. The van der Waals surface area contributed by atoms with E-state index in [4.69, 9.17) is 11.6 Å². The summed E-state index contributed by atoms with van der Waals surface area (Å²) >= 11 is 6.25. The maximum atomic E-state index is 12.1. The van der Waals surface area contributed by atoms with Gasteiger partial charge in [0, 0.05) is 11.6 Å². The molecule has 1 saturated heterocycles. The molecule has 4 nitrogen and oxygen atoms in total. The predicted molar refractivity (Wildman–Crippen MR) is 108 cm³/mol. The van der Waals surface area contributed by atoms with Crippen molar-refractivity contribution in [3.8, 4) is 0 Å². The lowest BCUT2D eigenvalue weighted by Gasteiger charge is -2.36. The highest BCUT2D eigenvalue weighted by Crippen LogP contribution is 2.35. The summed E-state index contributed by atoms with van der Waals surface area (Å²) in [5, 5.41) is 1.08. The van der Waals surface area contributed by atoms with Gasteiger partial charge in [0.05, 0.1) is 11.0 Å². The number of nitrogens with one attached hydrogen (secondary N) is 1. The summed E-state index contributed by atoms with van der Waals surface area (Å²) in [6, 6.07) is 7.93. The number of likely N-dealkylation sites (tertiary alicyclic amines) is 1. The Morgan fingerprint density at radius 1 is 1.12 bits per heavy atom. The van der Waals surface area contributed by atoms with E-state index in [9.17, 15) is 4.79 Å². The number of imidazole rings is 1. The van der Waals surface area contributed by atoms with Crippen LogP contribution in [0.3, 0.4) is 0 Å². The SMILES string of the molecule is O=c1[nH]c2ccccc2n1CCCN1CCC(C2C=C(Cl)CCC2)CC1. The standard InChI is InChI=1S/C21H28ClN3O/c22-18-6-3-5-17(15-18)16-9-13-24(14-10-16)11-4-12-25-20-8-2-1-7-19(20)23-21(25)26/h1-2,7-8,15-17H,3-6,9-14H2,(H,23,26). The molecule has 4 rings (SSSR count). The van der Waals surface area contributed by atoms with Crippen molar-refractivity contribution >= 4 is 22.6 Å². The number of piperidine rings is 1. The molecule has 140 valence electrons. The van der Waals surface area contributed by atoms with E-state index in [1.165, 1.54) is 38.8 Å². The first-order valence-corrected chi connectivity index (χ1v) is 10.3. The highest BCUT2D eigenvalue weighted by molar-refractivity contribution is 6.29. The van der Waals surface area contributed by atoms with Crippen LogP contribution in [0.25, 0.3) is 11.0 Å². The molecule has 1 unspecified atom stereocenters. The molecule has 2 heterocycles. The Hall–Kier alpha value is -1.52. The van der Waals surface area contributed by atoms with Crippen LogP contribution in [-0.4, -0.2) is 34.1 Å². The van der Waals surface area contributed by atoms with Crippen LogP contribution in [-0.2, 0) is 6.54 Å². The van der Waals surface area contributed by atoms with Crippen molar-refractivity contribution in [2.24, 2.45) is 11.8 Å². The van der Waals surface area contributed by atoms with E-state index in [-0.39, 0.29) is 5.69 Å². The minimum atomic E-state index is 0.00544. The Labute approximate surface area is 159 Å². The Bertz CT molecular complexity index is 829. The zero-order valence-corrected chi connectivity index (χ0v) is 16.0. The summed E-state index contributed by atoms with van der Waals surface area (Å²) in [4.78, 5) is 17.6. The zero-order chi connectivity index (χ0) is 17.9. The lowest BCUT2D eigenvalue weighted by molar-refractivity contribution is 0.152. The van der Waals surface area contributed by atoms with Crippen LogP contribution in [0.1, 0.15) is 38.5 Å². The maximum absolute atomic E-state index is 12.1. The van der Waals surface area contributed by atoms with Crippen molar-refractivity contribution < 1.29 is 0 Å². The van der Waals surface area contributed by atoms with Gasteiger partial charge in [0.25, 0.3) is 0 Å². The third-order valence-corrected chi connectivity index (χ3v) is 6.44. The number of fused-ring (bicyclic) bond motifs is 1. The van der Waals surface area contributed by atoms with Gasteiger partial charge < -0.3 is 9.88 Å². The van der Waals surface area contributed by atoms with E-state index < -0.39 is 0 Å². The average Bonchev–Trinajstić information content (AvgIpc) is 2.98. The van der Waals surface area contributed by atoms with Crippen LogP contribution in [0.15, 0.2) is 40.2 Å². The van der Waals surface area contributed by atoms with Gasteiger partial charge in [-0.25, -0.2) is 4.79 Å². The first-order valence-electron chi connectivity index (χ1n) is 9.97. The monoisotopic (exact) mass is 373 g/mol. The van der Waals surface area contributed by atoms with Crippen molar-refractivity contribution in [2.75, 3.05) is 19.6 Å². The summed E-state index contributed by atoms with van der Waals surface area (Å²) in [6.45, 7) is 4.20. The maximum Gasteiger partial charge on any atom is 0.326 e. The molecule has 1 N–H and O–H groups in total. The highest BCUT2D eigenvalue weighted by atomic mass is 35.5. The fraction of sp³-hybridized carbons (Fsp3) is 0.571. The number of nitrogens with zero attached hydrogens (tertiary/aromatic N) is 2. The van der Waals surface area contributed by atoms with Gasteiger partial charge in [-0.15, -0.1) is 0 Å². The van der Waals surface area contributed by atoms with Crippen molar-refractivity contribution in [3.63, 3.8) is 0 Å². The van der Waals surface area contributed by atoms with E-state index in [2.05, 4.69) is 16.0 Å². The second kappa shape index (κ2) is 8.01. The van der Waals surface area contributed by atoms with Gasteiger partial charge in [-0.2, -0.15) is 0 Å². The topological polar surface area (TPSA) is 41.0 Å². The molecule has 0 radical (unpaired) electrons. The Balaban J connectivity index is 1.27. The van der Waals surface area contributed by atoms with E-state index >= 15 is 0 Å². The zero-order valence-electron chi connectivity index (χ0n) is 15.3. The van der Waals surface area contributed by atoms with E-state index in [0.717, 1.165) is 47.9 Å². The third-order valence-electron chi connectivity index (χ3n) is 6.12. The van der Waals surface area contributed by atoms with Gasteiger partial charge in [0.15, 0.2) is 0 Å². The van der Waals surface area contributed by atoms with Crippen LogP contribution < -0.4 is 5.69 Å². The summed E-state index contributed by atoms with van der Waals surface area (Å²) in [5.74, 6) is 1.50. The molecule has 1 atom stereocenters. The lowest BCUT2D eigenvalue weighted by atomic mass is 9.79. The molecular weight excluding hydrogens is 346 g/mol. The number of aromatic amines is 1. The number of benzene rings is 1. The van der Waals surface area contributed by atoms with Crippen molar-refractivity contribution in [3.05, 3.63) is 45.9 Å². The molecule has 26 heavy (non-hydrogen) atoms. The predicted octanol–water partition coefficient (Wildman–Crippen LogP) is 4.35. The number of para-hydroxylation sites is 2. The largest absolute Gasteiger partial charge is 0.326 e. The minimum Gasteiger partial charge on any atom is -0.306 e. The molecule has 2 aliphatic rings. The second-order valence-electron chi connectivity index (χ2n) is 7.80. The Morgan fingerprint density at radius 3 is 2.73 bits per heavy atom. The molecule has 1 aliphatic carbocycles. The summed E-state index contributed by atoms with van der Waals surface area (Å²) in [5.41, 5.74) is 1.94. The molecule has 2 aromatic rings. The van der Waals surface area contributed by atoms with Gasteiger partial charge in [-0.3, -0.25) is 4.57 Å². The van der Waals surface area contributed by atoms with Crippen LogP contribution in [0.4, 0.5) is 0 Å². The lowest BCUT2D eigenvalue weighted by Crippen LogP contribution is -2.37. The molecular formula is C21H28ClN3O. The van der Waals surface area contributed by atoms with Gasteiger partial charge in [-0.1, -0.05) is 29.8 Å². The number of allylic oxidation sites excluding steroid dienone is 2. The number of rotatable bonds is 5. The number of hydrogen-bond donors (Lipinski definition) is 1. The Morgan fingerprint density at radius 2 is 1.92 bits per heavy atom. The molecule has 1 aromatic carbocycles. The van der Waals surface area contributed by atoms with Gasteiger partial charge in [0.1, 0.15) is 0 Å². The summed E-state index contributed by atoms with van der Waals surface area (Å²) in [7, 11) is 0. The molecule has 0 bridgehead atoms. The fourth-order valence-corrected chi connectivity index (χ4v) is 4.96. The summed E-state index contributed by atoms with van der Waals surface area (Å²) in [6.07, 6.45) is 9.53. The molecule has 5 heteroatoms.